The third-order valence-electron chi connectivity index (χ3n) is 2.88. The van der Waals surface area contributed by atoms with E-state index >= 15 is 0 Å². The Morgan fingerprint density at radius 1 is 1.39 bits per heavy atom. The number of rotatable bonds is 3. The number of hydrogen-bond acceptors (Lipinski definition) is 3. The monoisotopic (exact) mass is 309 g/mol. The molecular weight excluding hydrogens is 294 g/mol. The van der Waals surface area contributed by atoms with Crippen LogP contribution in [0.2, 0.25) is 0 Å². The minimum Gasteiger partial charge on any atom is -0.487 e. The van der Waals surface area contributed by atoms with E-state index in [-0.39, 0.29) is 0 Å². The highest BCUT2D eigenvalue weighted by Crippen LogP contribution is 2.23. The molecule has 2 N–H and O–H groups in total. The van der Waals surface area contributed by atoms with Gasteiger partial charge in [-0.2, -0.15) is 5.10 Å². The summed E-state index contributed by atoms with van der Waals surface area (Å²) in [4.78, 5) is 0. The molecule has 0 saturated heterocycles. The molecule has 0 aliphatic rings. The van der Waals surface area contributed by atoms with Crippen molar-refractivity contribution in [2.24, 2.45) is 7.05 Å². The Bertz CT molecular complexity index is 578. The summed E-state index contributed by atoms with van der Waals surface area (Å²) in [5.41, 5.74) is 9.55. The van der Waals surface area contributed by atoms with Crippen molar-refractivity contribution in [2.75, 3.05) is 5.73 Å². The fourth-order valence-corrected chi connectivity index (χ4v) is 2.18. The van der Waals surface area contributed by atoms with Gasteiger partial charge in [0, 0.05) is 12.7 Å². The summed E-state index contributed by atoms with van der Waals surface area (Å²) >= 11 is 3.52. The zero-order valence-corrected chi connectivity index (χ0v) is 12.3. The summed E-state index contributed by atoms with van der Waals surface area (Å²) in [6.07, 6.45) is 0. The first-order valence-electron chi connectivity index (χ1n) is 5.66. The summed E-state index contributed by atoms with van der Waals surface area (Å²) in [7, 11) is 1.91. The lowest BCUT2D eigenvalue weighted by molar-refractivity contribution is 0.294. The van der Waals surface area contributed by atoms with Crippen molar-refractivity contribution in [1.82, 2.24) is 9.78 Å². The van der Waals surface area contributed by atoms with Crippen LogP contribution in [0.1, 0.15) is 17.0 Å². The average Bonchev–Trinajstić information content (AvgIpc) is 2.56. The van der Waals surface area contributed by atoms with Gasteiger partial charge in [-0.05, 0) is 53.5 Å². The van der Waals surface area contributed by atoms with Crippen LogP contribution in [0.15, 0.2) is 22.7 Å². The Morgan fingerprint density at radius 3 is 2.67 bits per heavy atom. The van der Waals surface area contributed by atoms with Gasteiger partial charge in [0.25, 0.3) is 0 Å². The molecular formula is C13H16BrN3O. The first kappa shape index (κ1) is 13.0. The molecule has 2 rings (SSSR count). The van der Waals surface area contributed by atoms with E-state index in [1.165, 1.54) is 0 Å². The molecule has 0 unspecified atom stereocenters. The third-order valence-corrected chi connectivity index (χ3v) is 3.91. The summed E-state index contributed by atoms with van der Waals surface area (Å²) in [5, 5.41) is 4.32. The van der Waals surface area contributed by atoms with Crippen LogP contribution in [-0.4, -0.2) is 9.78 Å². The predicted octanol–water partition coefficient (Wildman–Crippen LogP) is 2.96. The standard InChI is InChI=1S/C13H16BrN3O/c1-8-6-10(4-5-11(8)15)18-7-12-13(14)9(2)16-17(12)3/h4-6H,7,15H2,1-3H3. The molecule has 1 heterocycles. The second kappa shape index (κ2) is 5.02. The SMILES string of the molecule is Cc1cc(OCc2c(Br)c(C)nn2C)ccc1N. The van der Waals surface area contributed by atoms with Crippen LogP contribution in [0, 0.1) is 13.8 Å². The highest BCUT2D eigenvalue weighted by atomic mass is 79.9. The number of nitrogen functional groups attached to an aromatic ring is 1. The van der Waals surface area contributed by atoms with Gasteiger partial charge in [0.05, 0.1) is 15.9 Å². The molecule has 5 heteroatoms. The van der Waals surface area contributed by atoms with E-state index in [1.807, 2.05) is 43.8 Å². The van der Waals surface area contributed by atoms with E-state index in [2.05, 4.69) is 21.0 Å². The molecule has 96 valence electrons. The zero-order valence-electron chi connectivity index (χ0n) is 10.7. The molecule has 1 aromatic carbocycles. The van der Waals surface area contributed by atoms with E-state index in [4.69, 9.17) is 10.5 Å². The first-order valence-corrected chi connectivity index (χ1v) is 6.45. The fraction of sp³-hybridized carbons (Fsp3) is 0.308. The molecule has 0 fully saturated rings. The van der Waals surface area contributed by atoms with Crippen molar-refractivity contribution < 1.29 is 4.74 Å². The molecule has 0 aliphatic heterocycles. The smallest absolute Gasteiger partial charge is 0.131 e. The second-order valence-corrected chi connectivity index (χ2v) is 5.07. The lowest BCUT2D eigenvalue weighted by atomic mass is 10.2. The molecule has 0 bridgehead atoms. The molecule has 0 radical (unpaired) electrons. The molecule has 0 spiro atoms. The summed E-state index contributed by atoms with van der Waals surface area (Å²) < 4.78 is 8.58. The third kappa shape index (κ3) is 2.51. The topological polar surface area (TPSA) is 53.1 Å². The molecule has 18 heavy (non-hydrogen) atoms. The molecule has 0 aliphatic carbocycles. The van der Waals surface area contributed by atoms with E-state index in [0.29, 0.717) is 6.61 Å². The summed E-state index contributed by atoms with van der Waals surface area (Å²) in [5.74, 6) is 0.812. The zero-order chi connectivity index (χ0) is 13.3. The molecule has 4 nitrogen and oxygen atoms in total. The van der Waals surface area contributed by atoms with E-state index in [1.54, 1.807) is 0 Å². The maximum absolute atomic E-state index is 5.77. The number of nitrogens with two attached hydrogens (primary N) is 1. The highest BCUT2D eigenvalue weighted by Gasteiger charge is 2.11. The molecule has 1 aromatic heterocycles. The summed E-state index contributed by atoms with van der Waals surface area (Å²) in [6.45, 7) is 4.40. The maximum Gasteiger partial charge on any atom is 0.131 e. The van der Waals surface area contributed by atoms with Gasteiger partial charge < -0.3 is 10.5 Å². The average molecular weight is 310 g/mol. The normalized spacial score (nSPS) is 10.7. The molecule has 0 saturated carbocycles. The van der Waals surface area contributed by atoms with Gasteiger partial charge in [-0.1, -0.05) is 0 Å². The van der Waals surface area contributed by atoms with Gasteiger partial charge in [0.2, 0.25) is 0 Å². The molecule has 0 amide bonds. The largest absolute Gasteiger partial charge is 0.487 e. The van der Waals surface area contributed by atoms with Crippen LogP contribution >= 0.6 is 15.9 Å². The van der Waals surface area contributed by atoms with Crippen molar-refractivity contribution in [3.05, 3.63) is 39.6 Å². The number of ether oxygens (including phenoxy) is 1. The van der Waals surface area contributed by atoms with Gasteiger partial charge in [-0.3, -0.25) is 4.68 Å². The fourth-order valence-electron chi connectivity index (χ4n) is 1.73. The van der Waals surface area contributed by atoms with E-state index in [0.717, 1.165) is 32.9 Å². The molecule has 2 aromatic rings. The quantitative estimate of drug-likeness (QED) is 0.887. The van der Waals surface area contributed by atoms with Crippen molar-refractivity contribution in [3.8, 4) is 5.75 Å². The van der Waals surface area contributed by atoms with Crippen molar-refractivity contribution >= 4 is 21.6 Å². The maximum atomic E-state index is 5.77. The Morgan fingerprint density at radius 2 is 2.11 bits per heavy atom. The van der Waals surface area contributed by atoms with Crippen LogP contribution < -0.4 is 10.5 Å². The Labute approximate surface area is 115 Å². The van der Waals surface area contributed by atoms with Gasteiger partial charge in [0.15, 0.2) is 0 Å². The van der Waals surface area contributed by atoms with Crippen molar-refractivity contribution in [1.29, 1.82) is 0 Å². The highest BCUT2D eigenvalue weighted by molar-refractivity contribution is 9.10. The van der Waals surface area contributed by atoms with Crippen LogP contribution in [0.5, 0.6) is 5.75 Å². The van der Waals surface area contributed by atoms with Gasteiger partial charge in [-0.25, -0.2) is 0 Å². The van der Waals surface area contributed by atoms with Crippen LogP contribution in [0.3, 0.4) is 0 Å². The number of nitrogens with zero attached hydrogens (tertiary/aromatic N) is 2. The lowest BCUT2D eigenvalue weighted by Gasteiger charge is -2.09. The van der Waals surface area contributed by atoms with Crippen molar-refractivity contribution in [2.45, 2.75) is 20.5 Å². The molecule has 0 atom stereocenters. The number of aryl methyl sites for hydroxylation is 3. The number of anilines is 1. The number of hydrogen-bond donors (Lipinski definition) is 1. The van der Waals surface area contributed by atoms with Crippen LogP contribution in [0.25, 0.3) is 0 Å². The first-order chi connectivity index (χ1) is 8.49. The Balaban J connectivity index is 2.14. The Hall–Kier alpha value is -1.49. The van der Waals surface area contributed by atoms with Gasteiger partial charge >= 0.3 is 0 Å². The van der Waals surface area contributed by atoms with Crippen molar-refractivity contribution in [3.63, 3.8) is 0 Å². The Kier molecular flexibility index (Phi) is 3.61. The minimum atomic E-state index is 0.473. The number of benzene rings is 1. The van der Waals surface area contributed by atoms with Gasteiger partial charge in [0.1, 0.15) is 12.4 Å². The van der Waals surface area contributed by atoms with E-state index < -0.39 is 0 Å². The lowest BCUT2D eigenvalue weighted by Crippen LogP contribution is -2.04. The van der Waals surface area contributed by atoms with Gasteiger partial charge in [-0.15, -0.1) is 0 Å². The van der Waals surface area contributed by atoms with E-state index in [9.17, 15) is 0 Å². The second-order valence-electron chi connectivity index (χ2n) is 4.28. The predicted molar refractivity (Wildman–Crippen MR) is 75.6 cm³/mol. The summed E-state index contributed by atoms with van der Waals surface area (Å²) in [6, 6.07) is 5.67. The minimum absolute atomic E-state index is 0.473. The number of halogens is 1. The van der Waals surface area contributed by atoms with Crippen LogP contribution in [-0.2, 0) is 13.7 Å². The number of aromatic nitrogens is 2. The van der Waals surface area contributed by atoms with Crippen LogP contribution in [0.4, 0.5) is 5.69 Å².